The van der Waals surface area contributed by atoms with Crippen molar-refractivity contribution in [3.05, 3.63) is 58.4 Å². The minimum absolute atomic E-state index is 0.193. The van der Waals surface area contributed by atoms with E-state index in [0.29, 0.717) is 40.1 Å². The Bertz CT molecular complexity index is 1020. The summed E-state index contributed by atoms with van der Waals surface area (Å²) in [4.78, 5) is 27.6. The number of amides is 1. The topological polar surface area (TPSA) is 97.2 Å². The van der Waals surface area contributed by atoms with Gasteiger partial charge < -0.3 is 19.6 Å². The number of hydrogen-bond acceptors (Lipinski definition) is 5. The summed E-state index contributed by atoms with van der Waals surface area (Å²) in [7, 11) is 0. The lowest BCUT2D eigenvalue weighted by atomic mass is 10.00. The molecular formula is C20H18ClN3O4. The van der Waals surface area contributed by atoms with Gasteiger partial charge in [-0.2, -0.15) is 0 Å². The van der Waals surface area contributed by atoms with E-state index in [1.807, 2.05) is 0 Å². The molecule has 2 N–H and O–H groups in total. The van der Waals surface area contributed by atoms with Crippen LogP contribution in [-0.2, 0) is 0 Å². The van der Waals surface area contributed by atoms with E-state index in [-0.39, 0.29) is 11.7 Å². The van der Waals surface area contributed by atoms with Crippen LogP contribution in [0.4, 0.5) is 4.79 Å². The third kappa shape index (κ3) is 3.94. The molecular weight excluding hydrogens is 382 g/mol. The average Bonchev–Trinajstić information content (AvgIpc) is 3.27. The Labute approximate surface area is 166 Å². The molecule has 1 aliphatic rings. The molecule has 4 rings (SSSR count). The standard InChI is InChI=1S/C20H18ClN3O4/c1-11-17(18(24-28-11)13-4-6-15(21)7-5-13)19(25)14-8-16(22-10-14)27-20(26)23-9-12-2-3-12/h4-8,10,12,22H,2-3,9H2,1H3,(H,23,26). The van der Waals surface area contributed by atoms with E-state index in [0.717, 1.165) is 18.4 Å². The molecule has 1 aromatic carbocycles. The predicted molar refractivity (Wildman–Crippen MR) is 103 cm³/mol. The van der Waals surface area contributed by atoms with E-state index in [1.54, 1.807) is 31.2 Å². The number of aromatic amines is 1. The van der Waals surface area contributed by atoms with Crippen molar-refractivity contribution in [3.8, 4) is 17.1 Å². The number of halogens is 1. The SMILES string of the molecule is Cc1onc(-c2ccc(Cl)cc2)c1C(=O)c1c[nH]c(OC(=O)NCC2CC2)c1. The Morgan fingerprint density at radius 2 is 2.07 bits per heavy atom. The first kappa shape index (κ1) is 18.3. The minimum Gasteiger partial charge on any atom is -0.393 e. The quantitative estimate of drug-likeness (QED) is 0.600. The maximum absolute atomic E-state index is 13.0. The van der Waals surface area contributed by atoms with E-state index < -0.39 is 6.09 Å². The van der Waals surface area contributed by atoms with Crippen LogP contribution >= 0.6 is 11.6 Å². The molecule has 2 aromatic heterocycles. The summed E-state index contributed by atoms with van der Waals surface area (Å²) in [5, 5.41) is 7.31. The first-order chi connectivity index (χ1) is 13.5. The fourth-order valence-corrected chi connectivity index (χ4v) is 2.96. The molecule has 0 unspecified atom stereocenters. The van der Waals surface area contributed by atoms with Crippen molar-refractivity contribution in [3.63, 3.8) is 0 Å². The lowest BCUT2D eigenvalue weighted by Gasteiger charge is -2.03. The zero-order valence-corrected chi connectivity index (χ0v) is 15.9. The van der Waals surface area contributed by atoms with Gasteiger partial charge in [-0.1, -0.05) is 28.9 Å². The number of rotatable bonds is 6. The van der Waals surface area contributed by atoms with Gasteiger partial charge in [0.1, 0.15) is 11.5 Å². The molecule has 1 saturated carbocycles. The van der Waals surface area contributed by atoms with Crippen LogP contribution in [0.3, 0.4) is 0 Å². The third-order valence-corrected chi connectivity index (χ3v) is 4.81. The fourth-order valence-electron chi connectivity index (χ4n) is 2.84. The second kappa shape index (κ2) is 7.52. The highest BCUT2D eigenvalue weighted by atomic mass is 35.5. The van der Waals surface area contributed by atoms with Gasteiger partial charge in [-0.05, 0) is 37.8 Å². The first-order valence-electron chi connectivity index (χ1n) is 8.92. The molecule has 7 nitrogen and oxygen atoms in total. The zero-order chi connectivity index (χ0) is 19.7. The maximum Gasteiger partial charge on any atom is 0.413 e. The Balaban J connectivity index is 1.52. The number of nitrogens with one attached hydrogen (secondary N) is 2. The molecule has 0 saturated heterocycles. The summed E-state index contributed by atoms with van der Waals surface area (Å²) in [5.74, 6) is 0.865. The van der Waals surface area contributed by atoms with E-state index >= 15 is 0 Å². The smallest absolute Gasteiger partial charge is 0.393 e. The Hall–Kier alpha value is -3.06. The van der Waals surface area contributed by atoms with Gasteiger partial charge >= 0.3 is 6.09 Å². The Kier molecular flexibility index (Phi) is 4.92. The van der Waals surface area contributed by atoms with Crippen molar-refractivity contribution < 1.29 is 18.8 Å². The van der Waals surface area contributed by atoms with Gasteiger partial charge in [-0.25, -0.2) is 4.79 Å². The van der Waals surface area contributed by atoms with Crippen LogP contribution in [0.2, 0.25) is 5.02 Å². The number of nitrogens with zero attached hydrogens (tertiary/aromatic N) is 1. The van der Waals surface area contributed by atoms with Crippen LogP contribution < -0.4 is 10.1 Å². The van der Waals surface area contributed by atoms with Crippen molar-refractivity contribution in [2.75, 3.05) is 6.54 Å². The van der Waals surface area contributed by atoms with Gasteiger partial charge in [0.2, 0.25) is 11.7 Å². The molecule has 8 heteroatoms. The van der Waals surface area contributed by atoms with Crippen molar-refractivity contribution in [2.24, 2.45) is 5.92 Å². The number of H-pyrrole nitrogens is 1. The second-order valence-corrected chi connectivity index (χ2v) is 7.20. The van der Waals surface area contributed by atoms with Crippen molar-refractivity contribution in [2.45, 2.75) is 19.8 Å². The summed E-state index contributed by atoms with van der Waals surface area (Å²) in [5.41, 5.74) is 1.85. The summed E-state index contributed by atoms with van der Waals surface area (Å²) in [6, 6.07) is 8.46. The summed E-state index contributed by atoms with van der Waals surface area (Å²) in [6.07, 6.45) is 3.21. The Morgan fingerprint density at radius 3 is 2.79 bits per heavy atom. The van der Waals surface area contributed by atoms with Crippen molar-refractivity contribution >= 4 is 23.5 Å². The number of carbonyl (C=O) groups is 2. The number of ether oxygens (including phenoxy) is 1. The van der Waals surface area contributed by atoms with Crippen LogP contribution in [0.5, 0.6) is 5.88 Å². The van der Waals surface area contributed by atoms with Crippen LogP contribution in [0, 0.1) is 12.8 Å². The molecule has 1 amide bonds. The molecule has 1 fully saturated rings. The molecule has 2 heterocycles. The van der Waals surface area contributed by atoms with Gasteiger partial charge in [0.25, 0.3) is 0 Å². The van der Waals surface area contributed by atoms with E-state index in [1.165, 1.54) is 12.3 Å². The highest BCUT2D eigenvalue weighted by Gasteiger charge is 2.25. The molecule has 1 aliphatic carbocycles. The summed E-state index contributed by atoms with van der Waals surface area (Å²) >= 11 is 5.93. The fraction of sp³-hybridized carbons (Fsp3) is 0.250. The Morgan fingerprint density at radius 1 is 1.32 bits per heavy atom. The molecule has 0 aliphatic heterocycles. The molecule has 3 aromatic rings. The average molecular weight is 400 g/mol. The lowest BCUT2D eigenvalue weighted by molar-refractivity contribution is 0.103. The number of carbonyl (C=O) groups excluding carboxylic acids is 2. The van der Waals surface area contributed by atoms with Gasteiger partial charge in [0.05, 0.1) is 5.56 Å². The number of benzene rings is 1. The maximum atomic E-state index is 13.0. The van der Waals surface area contributed by atoms with Gasteiger partial charge in [0.15, 0.2) is 0 Å². The highest BCUT2D eigenvalue weighted by molar-refractivity contribution is 6.30. The normalized spacial score (nSPS) is 13.4. The zero-order valence-electron chi connectivity index (χ0n) is 15.1. The van der Waals surface area contributed by atoms with Crippen LogP contribution in [-0.4, -0.2) is 28.6 Å². The minimum atomic E-state index is -0.546. The molecule has 0 bridgehead atoms. The predicted octanol–water partition coefficient (Wildman–Crippen LogP) is 4.36. The van der Waals surface area contributed by atoms with Gasteiger partial charge in [0, 0.05) is 35.0 Å². The van der Waals surface area contributed by atoms with Gasteiger partial charge in [-0.15, -0.1) is 0 Å². The second-order valence-electron chi connectivity index (χ2n) is 6.76. The van der Waals surface area contributed by atoms with Crippen molar-refractivity contribution in [1.82, 2.24) is 15.5 Å². The molecule has 144 valence electrons. The summed E-state index contributed by atoms with van der Waals surface area (Å²) in [6.45, 7) is 2.28. The van der Waals surface area contributed by atoms with Gasteiger partial charge in [-0.3, -0.25) is 4.79 Å². The third-order valence-electron chi connectivity index (χ3n) is 4.56. The van der Waals surface area contributed by atoms with Crippen LogP contribution in [0.15, 0.2) is 41.1 Å². The van der Waals surface area contributed by atoms with E-state index in [9.17, 15) is 9.59 Å². The highest BCUT2D eigenvalue weighted by Crippen LogP contribution is 2.29. The number of hydrogen-bond donors (Lipinski definition) is 2. The number of aryl methyl sites for hydroxylation is 1. The number of aromatic nitrogens is 2. The first-order valence-corrected chi connectivity index (χ1v) is 9.30. The van der Waals surface area contributed by atoms with E-state index in [2.05, 4.69) is 15.5 Å². The molecule has 28 heavy (non-hydrogen) atoms. The van der Waals surface area contributed by atoms with Crippen LogP contribution in [0.25, 0.3) is 11.3 Å². The molecule has 0 radical (unpaired) electrons. The van der Waals surface area contributed by atoms with Crippen LogP contribution in [0.1, 0.15) is 34.5 Å². The van der Waals surface area contributed by atoms with Crippen molar-refractivity contribution in [1.29, 1.82) is 0 Å². The molecule has 0 atom stereocenters. The van der Waals surface area contributed by atoms with E-state index in [4.69, 9.17) is 20.9 Å². The number of ketones is 1. The largest absolute Gasteiger partial charge is 0.413 e. The lowest BCUT2D eigenvalue weighted by Crippen LogP contribution is -2.28. The monoisotopic (exact) mass is 399 g/mol. The summed E-state index contributed by atoms with van der Waals surface area (Å²) < 4.78 is 10.4. The molecule has 0 spiro atoms.